The van der Waals surface area contributed by atoms with E-state index in [1.807, 2.05) is 13.8 Å². The lowest BCUT2D eigenvalue weighted by atomic mass is 10.2. The van der Waals surface area contributed by atoms with Gasteiger partial charge >= 0.3 is 0 Å². The van der Waals surface area contributed by atoms with Crippen LogP contribution in [0.15, 0.2) is 6.33 Å². The minimum Gasteiger partial charge on any atom is -0.327 e. The summed E-state index contributed by atoms with van der Waals surface area (Å²) in [5, 5.41) is 14.6. The first kappa shape index (κ1) is 7.02. The number of H-pyrrole nitrogens is 2. The van der Waals surface area contributed by atoms with Gasteiger partial charge in [0.05, 0.1) is 11.3 Å². The fraction of sp³-hybridized carbons (Fsp3) is 0.286. The van der Waals surface area contributed by atoms with Crippen molar-refractivity contribution in [2.75, 3.05) is 0 Å². The largest absolute Gasteiger partial charge is 0.327 e. The van der Waals surface area contributed by atoms with Crippen LogP contribution >= 0.6 is 0 Å². The van der Waals surface area contributed by atoms with E-state index in [2.05, 4.69) is 25.4 Å². The monoisotopic (exact) mass is 163 g/mol. The molecule has 2 heterocycles. The molecule has 12 heavy (non-hydrogen) atoms. The Hall–Kier alpha value is -1.65. The number of hydrogen-bond donors (Lipinski definition) is 2. The molecule has 62 valence electrons. The molecule has 0 aromatic carbocycles. The standard InChI is InChI=1S/C7H9N5/c1-4-6(5(2)11-10-4)7-8-3-9-12-7/h3H,1-2H3,(H,10,11)(H,8,9,12). The minimum absolute atomic E-state index is 0.763. The van der Waals surface area contributed by atoms with Crippen LogP contribution < -0.4 is 0 Å². The Kier molecular flexibility index (Phi) is 1.43. The summed E-state index contributed by atoms with van der Waals surface area (Å²) in [6, 6.07) is 0. The second kappa shape index (κ2) is 2.44. The van der Waals surface area contributed by atoms with Crippen LogP contribution in [0.4, 0.5) is 0 Å². The molecule has 0 amide bonds. The molecule has 0 aliphatic carbocycles. The summed E-state index contributed by atoms with van der Waals surface area (Å²) in [6.07, 6.45) is 1.56. The second-order valence-electron chi connectivity index (χ2n) is 2.65. The van der Waals surface area contributed by atoms with Crippen molar-refractivity contribution in [2.45, 2.75) is 13.8 Å². The third-order valence-corrected chi connectivity index (χ3v) is 1.78. The van der Waals surface area contributed by atoms with E-state index < -0.39 is 0 Å². The maximum atomic E-state index is 4.06. The van der Waals surface area contributed by atoms with Crippen LogP contribution in [0.2, 0.25) is 0 Å². The van der Waals surface area contributed by atoms with Crippen molar-refractivity contribution in [1.29, 1.82) is 0 Å². The maximum absolute atomic E-state index is 4.06. The first-order valence-electron chi connectivity index (χ1n) is 3.67. The lowest BCUT2D eigenvalue weighted by Gasteiger charge is -1.92. The number of nitrogens with one attached hydrogen (secondary N) is 2. The van der Waals surface area contributed by atoms with Crippen molar-refractivity contribution in [3.05, 3.63) is 17.7 Å². The van der Waals surface area contributed by atoms with Crippen LogP contribution in [0.3, 0.4) is 0 Å². The number of rotatable bonds is 1. The molecule has 0 saturated carbocycles. The molecule has 2 aromatic heterocycles. The van der Waals surface area contributed by atoms with Gasteiger partial charge in [-0.1, -0.05) is 0 Å². The van der Waals surface area contributed by atoms with E-state index in [-0.39, 0.29) is 0 Å². The van der Waals surface area contributed by atoms with E-state index in [1.54, 1.807) is 6.33 Å². The van der Waals surface area contributed by atoms with Gasteiger partial charge in [-0.15, -0.1) is 10.2 Å². The van der Waals surface area contributed by atoms with Gasteiger partial charge in [-0.3, -0.25) is 5.10 Å². The SMILES string of the molecule is Cc1n[nH]c(C)c1-c1nnc[nH]1. The number of hydrogen-bond acceptors (Lipinski definition) is 3. The van der Waals surface area contributed by atoms with Crippen molar-refractivity contribution >= 4 is 0 Å². The molecule has 0 spiro atoms. The molecule has 0 fully saturated rings. The molecule has 2 aromatic rings. The predicted octanol–water partition coefficient (Wildman–Crippen LogP) is 0.812. The van der Waals surface area contributed by atoms with Crippen LogP contribution in [-0.4, -0.2) is 25.4 Å². The number of aromatic nitrogens is 5. The van der Waals surface area contributed by atoms with Crippen molar-refractivity contribution in [3.8, 4) is 11.4 Å². The molecule has 5 heteroatoms. The molecular weight excluding hydrogens is 154 g/mol. The average molecular weight is 163 g/mol. The average Bonchev–Trinajstić information content (AvgIpc) is 2.61. The third-order valence-electron chi connectivity index (χ3n) is 1.78. The molecule has 0 atom stereocenters. The molecule has 0 aliphatic heterocycles. The fourth-order valence-electron chi connectivity index (χ4n) is 1.23. The molecule has 0 unspecified atom stereocenters. The van der Waals surface area contributed by atoms with Crippen molar-refractivity contribution in [1.82, 2.24) is 25.4 Å². The van der Waals surface area contributed by atoms with Crippen LogP contribution in [0.1, 0.15) is 11.4 Å². The Labute approximate surface area is 69.2 Å². The number of aryl methyl sites for hydroxylation is 2. The van der Waals surface area contributed by atoms with E-state index in [0.717, 1.165) is 22.8 Å². The second-order valence-corrected chi connectivity index (χ2v) is 2.65. The Morgan fingerprint density at radius 3 is 2.67 bits per heavy atom. The quantitative estimate of drug-likeness (QED) is 0.653. The number of nitrogens with zero attached hydrogens (tertiary/aromatic N) is 3. The molecule has 0 saturated heterocycles. The molecule has 5 nitrogen and oxygen atoms in total. The maximum Gasteiger partial charge on any atom is 0.164 e. The van der Waals surface area contributed by atoms with Gasteiger partial charge in [0.1, 0.15) is 6.33 Å². The zero-order valence-electron chi connectivity index (χ0n) is 6.92. The molecule has 0 aliphatic rings. The molecule has 0 bridgehead atoms. The topological polar surface area (TPSA) is 70.2 Å². The van der Waals surface area contributed by atoms with Gasteiger partial charge in [0.15, 0.2) is 5.82 Å². The van der Waals surface area contributed by atoms with E-state index >= 15 is 0 Å². The van der Waals surface area contributed by atoms with Crippen LogP contribution in [0.5, 0.6) is 0 Å². The third kappa shape index (κ3) is 0.903. The summed E-state index contributed by atoms with van der Waals surface area (Å²) >= 11 is 0. The summed E-state index contributed by atoms with van der Waals surface area (Å²) in [5.41, 5.74) is 2.95. The Balaban J connectivity index is 2.60. The van der Waals surface area contributed by atoms with Crippen LogP contribution in [-0.2, 0) is 0 Å². The fourth-order valence-corrected chi connectivity index (χ4v) is 1.23. The summed E-state index contributed by atoms with van der Waals surface area (Å²) < 4.78 is 0. The van der Waals surface area contributed by atoms with Gasteiger partial charge in [-0.05, 0) is 13.8 Å². The highest BCUT2D eigenvalue weighted by atomic mass is 15.2. The van der Waals surface area contributed by atoms with E-state index in [9.17, 15) is 0 Å². The highest BCUT2D eigenvalue weighted by Gasteiger charge is 2.10. The molecule has 0 radical (unpaired) electrons. The predicted molar refractivity (Wildman–Crippen MR) is 43.4 cm³/mol. The van der Waals surface area contributed by atoms with Gasteiger partial charge in [0.25, 0.3) is 0 Å². The molecule has 2 rings (SSSR count). The highest BCUT2D eigenvalue weighted by molar-refractivity contribution is 5.60. The highest BCUT2D eigenvalue weighted by Crippen LogP contribution is 2.19. The molecular formula is C7H9N5. The van der Waals surface area contributed by atoms with Crippen LogP contribution in [0, 0.1) is 13.8 Å². The van der Waals surface area contributed by atoms with Gasteiger partial charge < -0.3 is 4.98 Å². The van der Waals surface area contributed by atoms with Crippen molar-refractivity contribution in [2.24, 2.45) is 0 Å². The summed E-state index contributed by atoms with van der Waals surface area (Å²) in [4.78, 5) is 2.94. The molecule has 2 N–H and O–H groups in total. The zero-order valence-corrected chi connectivity index (χ0v) is 6.92. The lowest BCUT2D eigenvalue weighted by Crippen LogP contribution is -1.84. The van der Waals surface area contributed by atoms with Crippen molar-refractivity contribution < 1.29 is 0 Å². The zero-order chi connectivity index (χ0) is 8.55. The van der Waals surface area contributed by atoms with Crippen LogP contribution in [0.25, 0.3) is 11.4 Å². The van der Waals surface area contributed by atoms with E-state index in [1.165, 1.54) is 0 Å². The lowest BCUT2D eigenvalue weighted by molar-refractivity contribution is 1.02. The Morgan fingerprint density at radius 1 is 1.33 bits per heavy atom. The van der Waals surface area contributed by atoms with Gasteiger partial charge in [-0.25, -0.2) is 0 Å². The normalized spacial score (nSPS) is 10.5. The van der Waals surface area contributed by atoms with Crippen molar-refractivity contribution in [3.63, 3.8) is 0 Å². The van der Waals surface area contributed by atoms with Gasteiger partial charge in [0.2, 0.25) is 0 Å². The first-order chi connectivity index (χ1) is 5.79. The van der Waals surface area contributed by atoms with E-state index in [4.69, 9.17) is 0 Å². The van der Waals surface area contributed by atoms with Gasteiger partial charge in [-0.2, -0.15) is 5.10 Å². The summed E-state index contributed by atoms with van der Waals surface area (Å²) in [5.74, 6) is 0.763. The van der Waals surface area contributed by atoms with E-state index in [0.29, 0.717) is 0 Å². The minimum atomic E-state index is 0.763. The van der Waals surface area contributed by atoms with Gasteiger partial charge in [0, 0.05) is 5.69 Å². The number of aromatic amines is 2. The first-order valence-corrected chi connectivity index (χ1v) is 3.67. The Morgan fingerprint density at radius 2 is 2.17 bits per heavy atom. The Bertz CT molecular complexity index is 353. The summed E-state index contributed by atoms with van der Waals surface area (Å²) in [6.45, 7) is 3.89. The summed E-state index contributed by atoms with van der Waals surface area (Å²) in [7, 11) is 0. The smallest absolute Gasteiger partial charge is 0.164 e.